The summed E-state index contributed by atoms with van der Waals surface area (Å²) in [5.41, 5.74) is 0.0770. The van der Waals surface area contributed by atoms with Gasteiger partial charge in [-0.2, -0.15) is 13.2 Å². The molecule has 0 fully saturated rings. The molecule has 24 heavy (non-hydrogen) atoms. The molecule has 122 valence electrons. The minimum absolute atomic E-state index is 0.212. The molecule has 0 radical (unpaired) electrons. The first-order valence-electron chi connectivity index (χ1n) is 6.72. The first kappa shape index (κ1) is 16.4. The van der Waals surface area contributed by atoms with E-state index in [9.17, 15) is 18.0 Å². The van der Waals surface area contributed by atoms with Crippen LogP contribution in [0, 0.1) is 0 Å². The van der Waals surface area contributed by atoms with Crippen molar-refractivity contribution in [3.63, 3.8) is 0 Å². The normalized spacial score (nSPS) is 11.5. The lowest BCUT2D eigenvalue weighted by Gasteiger charge is -2.11. The molecule has 2 heterocycles. The molecule has 3 aromatic rings. The number of carbonyl (C=O) groups is 1. The molecule has 3 rings (SSSR count). The number of alkyl halides is 3. The van der Waals surface area contributed by atoms with Crippen molar-refractivity contribution in [2.45, 2.75) is 6.18 Å². The van der Waals surface area contributed by atoms with Crippen LogP contribution >= 0.6 is 15.9 Å². The van der Waals surface area contributed by atoms with Gasteiger partial charge in [-0.25, -0.2) is 0 Å². The number of hydrogen-bond donors (Lipinski definition) is 1. The average molecular weight is 396 g/mol. The molecule has 0 saturated heterocycles. The van der Waals surface area contributed by atoms with Gasteiger partial charge in [0.25, 0.3) is 5.91 Å². The van der Waals surface area contributed by atoms with Crippen LogP contribution in [0.15, 0.2) is 53.4 Å². The largest absolute Gasteiger partial charge is 0.416 e. The SMILES string of the molecule is O=C(Nc1ccnc2ccc(C(F)(F)F)cc12)c1cncc(Br)c1. The molecule has 0 aliphatic heterocycles. The fourth-order valence-electron chi connectivity index (χ4n) is 2.16. The van der Waals surface area contributed by atoms with Crippen LogP contribution in [-0.2, 0) is 6.18 Å². The second-order valence-electron chi connectivity index (χ2n) is 4.93. The number of rotatable bonds is 2. The Labute approximate surface area is 142 Å². The van der Waals surface area contributed by atoms with Crippen LogP contribution < -0.4 is 5.32 Å². The Bertz CT molecular complexity index is 928. The number of pyridine rings is 2. The van der Waals surface area contributed by atoms with Crippen molar-refractivity contribution in [1.82, 2.24) is 9.97 Å². The summed E-state index contributed by atoms with van der Waals surface area (Å²) in [5, 5.41) is 2.81. The summed E-state index contributed by atoms with van der Waals surface area (Å²) in [6.07, 6.45) is -0.164. The maximum atomic E-state index is 12.9. The number of halogens is 4. The van der Waals surface area contributed by atoms with E-state index in [4.69, 9.17) is 0 Å². The van der Waals surface area contributed by atoms with Crippen molar-refractivity contribution in [2.75, 3.05) is 5.32 Å². The van der Waals surface area contributed by atoms with Gasteiger partial charge in [-0.1, -0.05) is 0 Å². The third-order valence-corrected chi connectivity index (χ3v) is 3.72. The molecule has 1 amide bonds. The van der Waals surface area contributed by atoms with Crippen LogP contribution in [0.25, 0.3) is 10.9 Å². The lowest BCUT2D eigenvalue weighted by atomic mass is 10.1. The molecule has 1 aromatic carbocycles. The van der Waals surface area contributed by atoms with E-state index in [-0.39, 0.29) is 16.6 Å². The molecule has 0 bridgehead atoms. The molecule has 2 aromatic heterocycles. The Morgan fingerprint density at radius 3 is 2.62 bits per heavy atom. The summed E-state index contributed by atoms with van der Waals surface area (Å²) in [6, 6.07) is 6.21. The number of nitrogens with one attached hydrogen (secondary N) is 1. The first-order chi connectivity index (χ1) is 11.3. The van der Waals surface area contributed by atoms with Gasteiger partial charge in [-0.15, -0.1) is 0 Å². The third kappa shape index (κ3) is 3.38. The lowest BCUT2D eigenvalue weighted by molar-refractivity contribution is -0.137. The van der Waals surface area contributed by atoms with Gasteiger partial charge in [0, 0.05) is 28.4 Å². The summed E-state index contributed by atoms with van der Waals surface area (Å²) < 4.78 is 39.3. The predicted octanol–water partition coefficient (Wildman–Crippen LogP) is 4.66. The Hall–Kier alpha value is -2.48. The minimum Gasteiger partial charge on any atom is -0.321 e. The van der Waals surface area contributed by atoms with E-state index in [1.54, 1.807) is 6.07 Å². The first-order valence-corrected chi connectivity index (χ1v) is 7.52. The summed E-state index contributed by atoms with van der Waals surface area (Å²) in [6.45, 7) is 0. The third-order valence-electron chi connectivity index (χ3n) is 3.28. The molecule has 0 aliphatic rings. The van der Waals surface area contributed by atoms with Crippen molar-refractivity contribution in [1.29, 1.82) is 0 Å². The Morgan fingerprint density at radius 2 is 1.92 bits per heavy atom. The van der Waals surface area contributed by atoms with Crippen molar-refractivity contribution in [3.8, 4) is 0 Å². The zero-order valence-corrected chi connectivity index (χ0v) is 13.5. The average Bonchev–Trinajstić information content (AvgIpc) is 2.54. The van der Waals surface area contributed by atoms with Gasteiger partial charge in [0.2, 0.25) is 0 Å². The lowest BCUT2D eigenvalue weighted by Crippen LogP contribution is -2.13. The van der Waals surface area contributed by atoms with Gasteiger partial charge in [0.15, 0.2) is 0 Å². The van der Waals surface area contributed by atoms with Crippen molar-refractivity contribution >= 4 is 38.4 Å². The quantitative estimate of drug-likeness (QED) is 0.686. The number of hydrogen-bond acceptors (Lipinski definition) is 3. The highest BCUT2D eigenvalue weighted by Gasteiger charge is 2.30. The Kier molecular flexibility index (Phi) is 4.23. The number of fused-ring (bicyclic) bond motifs is 1. The van der Waals surface area contributed by atoms with Gasteiger partial charge < -0.3 is 5.32 Å². The maximum absolute atomic E-state index is 12.9. The van der Waals surface area contributed by atoms with Crippen LogP contribution in [0.2, 0.25) is 0 Å². The number of benzene rings is 1. The van der Waals surface area contributed by atoms with Gasteiger partial charge in [-0.3, -0.25) is 14.8 Å². The van der Waals surface area contributed by atoms with E-state index in [0.717, 1.165) is 12.1 Å². The van der Waals surface area contributed by atoms with Crippen molar-refractivity contribution < 1.29 is 18.0 Å². The van der Waals surface area contributed by atoms with Crippen LogP contribution in [0.4, 0.5) is 18.9 Å². The van der Waals surface area contributed by atoms with Gasteiger partial charge in [0.05, 0.1) is 22.3 Å². The van der Waals surface area contributed by atoms with E-state index >= 15 is 0 Å². The zero-order chi connectivity index (χ0) is 17.3. The highest BCUT2D eigenvalue weighted by Crippen LogP contribution is 2.33. The second kappa shape index (κ2) is 6.20. The number of aromatic nitrogens is 2. The molecule has 0 atom stereocenters. The van der Waals surface area contributed by atoms with Crippen LogP contribution in [0.3, 0.4) is 0 Å². The standard InChI is InChI=1S/C16H9BrF3N3O/c17-11-5-9(7-21-8-11)15(24)23-14-3-4-22-13-2-1-10(6-12(13)14)16(18,19)20/h1-8H,(H,22,23,24). The van der Waals surface area contributed by atoms with Gasteiger partial charge in [-0.05, 0) is 46.3 Å². The Balaban J connectivity index is 2.01. The van der Waals surface area contributed by atoms with Gasteiger partial charge >= 0.3 is 6.18 Å². The number of carbonyl (C=O) groups excluding carboxylic acids is 1. The maximum Gasteiger partial charge on any atom is 0.416 e. The van der Waals surface area contributed by atoms with Crippen LogP contribution in [0.1, 0.15) is 15.9 Å². The molecule has 1 N–H and O–H groups in total. The summed E-state index contributed by atoms with van der Waals surface area (Å²) in [7, 11) is 0. The summed E-state index contributed by atoms with van der Waals surface area (Å²) in [4.78, 5) is 20.2. The van der Waals surface area contributed by atoms with E-state index in [2.05, 4.69) is 31.2 Å². The summed E-state index contributed by atoms with van der Waals surface area (Å²) >= 11 is 3.21. The number of amides is 1. The molecule has 4 nitrogen and oxygen atoms in total. The number of anilines is 1. The molecular weight excluding hydrogens is 387 g/mol. The monoisotopic (exact) mass is 395 g/mol. The minimum atomic E-state index is -4.47. The number of nitrogens with zero attached hydrogens (tertiary/aromatic N) is 2. The molecule has 0 unspecified atom stereocenters. The van der Waals surface area contributed by atoms with E-state index in [0.29, 0.717) is 9.99 Å². The molecule has 8 heteroatoms. The van der Waals surface area contributed by atoms with Crippen molar-refractivity contribution in [2.24, 2.45) is 0 Å². The van der Waals surface area contributed by atoms with E-state index in [1.807, 2.05) is 0 Å². The highest BCUT2D eigenvalue weighted by molar-refractivity contribution is 9.10. The fraction of sp³-hybridized carbons (Fsp3) is 0.0625. The smallest absolute Gasteiger partial charge is 0.321 e. The van der Waals surface area contributed by atoms with Gasteiger partial charge in [0.1, 0.15) is 0 Å². The fourth-order valence-corrected chi connectivity index (χ4v) is 2.53. The van der Waals surface area contributed by atoms with E-state index in [1.165, 1.54) is 30.7 Å². The summed E-state index contributed by atoms with van der Waals surface area (Å²) in [5.74, 6) is -0.478. The van der Waals surface area contributed by atoms with E-state index < -0.39 is 17.6 Å². The molecule has 0 saturated carbocycles. The second-order valence-corrected chi connectivity index (χ2v) is 5.85. The predicted molar refractivity (Wildman–Crippen MR) is 86.6 cm³/mol. The Morgan fingerprint density at radius 1 is 1.12 bits per heavy atom. The zero-order valence-electron chi connectivity index (χ0n) is 11.9. The van der Waals surface area contributed by atoms with Crippen LogP contribution in [0.5, 0.6) is 0 Å². The molecule has 0 spiro atoms. The topological polar surface area (TPSA) is 54.9 Å². The van der Waals surface area contributed by atoms with Crippen LogP contribution in [-0.4, -0.2) is 15.9 Å². The highest BCUT2D eigenvalue weighted by atomic mass is 79.9. The van der Waals surface area contributed by atoms with Crippen molar-refractivity contribution in [3.05, 3.63) is 64.5 Å². The molecular formula is C16H9BrF3N3O. The molecule has 0 aliphatic carbocycles.